The highest BCUT2D eigenvalue weighted by atomic mass is 35.5. The third kappa shape index (κ3) is 2.98. The van der Waals surface area contributed by atoms with Crippen LogP contribution in [-0.4, -0.2) is 50.3 Å². The summed E-state index contributed by atoms with van der Waals surface area (Å²) in [5.74, 6) is -0.576. The first-order chi connectivity index (χ1) is 9.36. The average molecular weight is 321 g/mol. The molecule has 1 aliphatic heterocycles. The molecular formula is C13H18ClFN2O2S. The molecule has 0 aliphatic carbocycles. The van der Waals surface area contributed by atoms with Crippen LogP contribution in [0.2, 0.25) is 0 Å². The number of sulfonamides is 1. The van der Waals surface area contributed by atoms with Gasteiger partial charge >= 0.3 is 0 Å². The van der Waals surface area contributed by atoms with Crippen molar-refractivity contribution in [3.8, 4) is 0 Å². The summed E-state index contributed by atoms with van der Waals surface area (Å²) in [4.78, 5) is 1.80. The molecule has 7 heteroatoms. The van der Waals surface area contributed by atoms with Gasteiger partial charge in [-0.05, 0) is 31.7 Å². The van der Waals surface area contributed by atoms with Gasteiger partial charge in [0, 0.05) is 31.6 Å². The van der Waals surface area contributed by atoms with E-state index >= 15 is 0 Å². The van der Waals surface area contributed by atoms with Gasteiger partial charge in [0.15, 0.2) is 0 Å². The lowest BCUT2D eigenvalue weighted by atomic mass is 10.2. The van der Waals surface area contributed by atoms with Crippen molar-refractivity contribution >= 4 is 21.6 Å². The molecule has 1 aromatic rings. The quantitative estimate of drug-likeness (QED) is 0.799. The third-order valence-electron chi connectivity index (χ3n) is 3.69. The molecule has 20 heavy (non-hydrogen) atoms. The molecule has 4 nitrogen and oxygen atoms in total. The number of benzene rings is 1. The zero-order valence-corrected chi connectivity index (χ0v) is 13.1. The van der Waals surface area contributed by atoms with Gasteiger partial charge in [0.05, 0.1) is 0 Å². The molecule has 112 valence electrons. The molecule has 2 rings (SSSR count). The van der Waals surface area contributed by atoms with Crippen molar-refractivity contribution < 1.29 is 12.8 Å². The summed E-state index contributed by atoms with van der Waals surface area (Å²) in [5, 5.41) is 0. The number of nitrogens with zero attached hydrogens (tertiary/aromatic N) is 2. The second-order valence-corrected chi connectivity index (χ2v) is 7.26. The van der Waals surface area contributed by atoms with Crippen LogP contribution in [0.4, 0.5) is 4.39 Å². The van der Waals surface area contributed by atoms with Gasteiger partial charge in [0.1, 0.15) is 10.7 Å². The highest BCUT2D eigenvalue weighted by molar-refractivity contribution is 7.89. The molecular weight excluding hydrogens is 303 g/mol. The van der Waals surface area contributed by atoms with Crippen LogP contribution in [0.25, 0.3) is 0 Å². The first-order valence-corrected chi connectivity index (χ1v) is 8.38. The van der Waals surface area contributed by atoms with Crippen molar-refractivity contribution in [2.45, 2.75) is 23.7 Å². The first-order valence-electron chi connectivity index (χ1n) is 6.41. The van der Waals surface area contributed by atoms with E-state index in [9.17, 15) is 12.8 Å². The third-order valence-corrected chi connectivity index (χ3v) is 5.88. The molecule has 1 atom stereocenters. The van der Waals surface area contributed by atoms with E-state index in [0.717, 1.165) is 6.07 Å². The van der Waals surface area contributed by atoms with Gasteiger partial charge in [-0.2, -0.15) is 4.31 Å². The maximum absolute atomic E-state index is 13.9. The summed E-state index contributed by atoms with van der Waals surface area (Å²) in [5.41, 5.74) is 0.591. The van der Waals surface area contributed by atoms with Crippen LogP contribution in [0.5, 0.6) is 0 Å². The second kappa shape index (κ2) is 5.97. The molecule has 1 fully saturated rings. The summed E-state index contributed by atoms with van der Waals surface area (Å²) in [7, 11) is -1.86. The van der Waals surface area contributed by atoms with Crippen molar-refractivity contribution in [2.24, 2.45) is 0 Å². The number of halogens is 2. The van der Waals surface area contributed by atoms with Crippen LogP contribution in [0, 0.1) is 5.82 Å². The van der Waals surface area contributed by atoms with Crippen LogP contribution in [0.1, 0.15) is 12.5 Å². The summed E-state index contributed by atoms with van der Waals surface area (Å²) in [6.45, 7) is 3.32. The Hall–Kier alpha value is -0.690. The molecule has 0 spiro atoms. The van der Waals surface area contributed by atoms with E-state index < -0.39 is 15.8 Å². The molecule has 0 bridgehead atoms. The minimum Gasteiger partial charge on any atom is -0.301 e. The molecule has 0 radical (unpaired) electrons. The lowest BCUT2D eigenvalue weighted by molar-refractivity contribution is 0.159. The Morgan fingerprint density at radius 1 is 1.40 bits per heavy atom. The predicted molar refractivity (Wildman–Crippen MR) is 76.8 cm³/mol. The summed E-state index contributed by atoms with van der Waals surface area (Å²) in [6, 6.07) is 4.08. The number of alkyl halides is 1. The topological polar surface area (TPSA) is 40.6 Å². The fourth-order valence-corrected chi connectivity index (χ4v) is 3.99. The zero-order chi connectivity index (χ0) is 14.9. The van der Waals surface area contributed by atoms with Crippen molar-refractivity contribution in [2.75, 3.05) is 26.7 Å². The summed E-state index contributed by atoms with van der Waals surface area (Å²) < 4.78 is 40.3. The molecule has 0 saturated carbocycles. The standard InChI is InChI=1S/C13H18ClFN2O2S/c1-10-9-17(6-5-16(10)2)20(18,19)13-7-11(8-14)3-4-12(13)15/h3-4,7,10H,5-6,8-9H2,1-2H3. The van der Waals surface area contributed by atoms with Crippen LogP contribution in [0.3, 0.4) is 0 Å². The Balaban J connectivity index is 2.35. The molecule has 1 heterocycles. The van der Waals surface area contributed by atoms with Gasteiger partial charge in [0.2, 0.25) is 10.0 Å². The van der Waals surface area contributed by atoms with E-state index in [1.165, 1.54) is 16.4 Å². The van der Waals surface area contributed by atoms with Gasteiger partial charge in [-0.3, -0.25) is 0 Å². The molecule has 1 saturated heterocycles. The van der Waals surface area contributed by atoms with Gasteiger partial charge in [0.25, 0.3) is 0 Å². The SMILES string of the molecule is CC1CN(S(=O)(=O)c2cc(CCl)ccc2F)CCN1C. The van der Waals surface area contributed by atoms with Crippen LogP contribution in [-0.2, 0) is 15.9 Å². The molecule has 1 aromatic carbocycles. The minimum atomic E-state index is -3.81. The van der Waals surface area contributed by atoms with E-state index in [1.54, 1.807) is 0 Å². The van der Waals surface area contributed by atoms with Crippen molar-refractivity contribution in [3.05, 3.63) is 29.6 Å². The Bertz CT molecular complexity index is 594. The molecule has 0 N–H and O–H groups in total. The molecule has 0 aromatic heterocycles. The largest absolute Gasteiger partial charge is 0.301 e. The van der Waals surface area contributed by atoms with Crippen molar-refractivity contribution in [1.29, 1.82) is 0 Å². The number of likely N-dealkylation sites (N-methyl/N-ethyl adjacent to an activating group) is 1. The molecule has 0 amide bonds. The highest BCUT2D eigenvalue weighted by Crippen LogP contribution is 2.23. The van der Waals surface area contributed by atoms with Gasteiger partial charge in [-0.15, -0.1) is 11.6 Å². The number of rotatable bonds is 3. The van der Waals surface area contributed by atoms with Gasteiger partial charge in [-0.25, -0.2) is 12.8 Å². The van der Waals surface area contributed by atoms with Crippen molar-refractivity contribution in [1.82, 2.24) is 9.21 Å². The minimum absolute atomic E-state index is 0.109. The molecule has 1 aliphatic rings. The van der Waals surface area contributed by atoms with Crippen LogP contribution < -0.4 is 0 Å². The van der Waals surface area contributed by atoms with Gasteiger partial charge < -0.3 is 4.90 Å². The Morgan fingerprint density at radius 2 is 2.10 bits per heavy atom. The maximum Gasteiger partial charge on any atom is 0.246 e. The lowest BCUT2D eigenvalue weighted by Crippen LogP contribution is -2.51. The predicted octanol–water partition coefficient (Wildman–Crippen LogP) is 1.89. The van der Waals surface area contributed by atoms with Crippen LogP contribution >= 0.6 is 11.6 Å². The van der Waals surface area contributed by atoms with Gasteiger partial charge in [-0.1, -0.05) is 6.07 Å². The smallest absolute Gasteiger partial charge is 0.246 e. The van der Waals surface area contributed by atoms with E-state index in [0.29, 0.717) is 25.2 Å². The monoisotopic (exact) mass is 320 g/mol. The maximum atomic E-state index is 13.9. The average Bonchev–Trinajstić information content (AvgIpc) is 2.42. The number of piperazine rings is 1. The Labute approximate surface area is 124 Å². The fraction of sp³-hybridized carbons (Fsp3) is 0.538. The molecule has 1 unspecified atom stereocenters. The van der Waals surface area contributed by atoms with Crippen LogP contribution in [0.15, 0.2) is 23.1 Å². The van der Waals surface area contributed by atoms with E-state index in [1.807, 2.05) is 14.0 Å². The Morgan fingerprint density at radius 3 is 2.70 bits per heavy atom. The van der Waals surface area contributed by atoms with E-state index in [-0.39, 0.29) is 16.8 Å². The van der Waals surface area contributed by atoms with E-state index in [2.05, 4.69) is 4.90 Å². The Kier molecular flexibility index (Phi) is 4.69. The highest BCUT2D eigenvalue weighted by Gasteiger charge is 2.32. The zero-order valence-electron chi connectivity index (χ0n) is 11.5. The summed E-state index contributed by atoms with van der Waals surface area (Å²) in [6.07, 6.45) is 0. The second-order valence-electron chi connectivity index (χ2n) is 5.09. The lowest BCUT2D eigenvalue weighted by Gasteiger charge is -2.36. The van der Waals surface area contributed by atoms with E-state index in [4.69, 9.17) is 11.6 Å². The number of hydrogen-bond donors (Lipinski definition) is 0. The normalized spacial score (nSPS) is 22.1. The van der Waals surface area contributed by atoms with Crippen molar-refractivity contribution in [3.63, 3.8) is 0 Å². The number of hydrogen-bond acceptors (Lipinski definition) is 3. The fourth-order valence-electron chi connectivity index (χ4n) is 2.20. The summed E-state index contributed by atoms with van der Waals surface area (Å²) >= 11 is 5.69. The first kappa shape index (κ1) is 15.7.